The first kappa shape index (κ1) is 15.3. The summed E-state index contributed by atoms with van der Waals surface area (Å²) in [5.41, 5.74) is 4.21. The first-order chi connectivity index (χ1) is 10.3. The van der Waals surface area contributed by atoms with E-state index in [2.05, 4.69) is 57.0 Å². The fraction of sp³-hybridized carbons (Fsp3) is 0.444. The predicted octanol–water partition coefficient (Wildman–Crippen LogP) is 5.87. The van der Waals surface area contributed by atoms with Crippen LogP contribution in [0.4, 0.5) is 0 Å². The number of hydrogen-bond donors (Lipinski definition) is 1. The van der Waals surface area contributed by atoms with Gasteiger partial charge in [0.2, 0.25) is 0 Å². The maximum absolute atomic E-state index is 3.56. The van der Waals surface area contributed by atoms with Gasteiger partial charge in [0.05, 0.1) is 9.83 Å². The van der Waals surface area contributed by atoms with Crippen LogP contribution in [0.2, 0.25) is 0 Å². The number of thiophene rings is 1. The van der Waals surface area contributed by atoms with Gasteiger partial charge in [-0.3, -0.25) is 0 Å². The van der Waals surface area contributed by atoms with Crippen LogP contribution < -0.4 is 5.32 Å². The third-order valence-electron chi connectivity index (χ3n) is 4.56. The molecule has 2 aromatic rings. The van der Waals surface area contributed by atoms with E-state index in [1.807, 2.05) is 7.05 Å². The maximum atomic E-state index is 3.56. The minimum absolute atomic E-state index is 0.285. The topological polar surface area (TPSA) is 12.0 Å². The predicted molar refractivity (Wildman–Crippen MR) is 95.2 cm³/mol. The van der Waals surface area contributed by atoms with Gasteiger partial charge in [0.15, 0.2) is 0 Å². The largest absolute Gasteiger partial charge is 0.309 e. The maximum Gasteiger partial charge on any atom is 0.0701 e. The van der Waals surface area contributed by atoms with Crippen LogP contribution in [0.15, 0.2) is 39.5 Å². The molecule has 0 saturated heterocycles. The highest BCUT2D eigenvalue weighted by atomic mass is 79.9. The van der Waals surface area contributed by atoms with Crippen molar-refractivity contribution in [3.63, 3.8) is 0 Å². The summed E-state index contributed by atoms with van der Waals surface area (Å²) < 4.78 is 1.19. The Bertz CT molecular complexity index is 569. The van der Waals surface area contributed by atoms with E-state index < -0.39 is 0 Å². The SMILES string of the molecule is CNC(c1ccc(C2CCCCC2)cc1)c1csc(Br)c1. The number of halogens is 1. The summed E-state index contributed by atoms with van der Waals surface area (Å²) in [6.07, 6.45) is 6.95. The van der Waals surface area contributed by atoms with E-state index in [1.54, 1.807) is 11.3 Å². The summed E-state index contributed by atoms with van der Waals surface area (Å²) in [7, 11) is 2.03. The molecular weight excluding hydrogens is 342 g/mol. The number of hydrogen-bond acceptors (Lipinski definition) is 2. The van der Waals surface area contributed by atoms with Crippen LogP contribution in [-0.4, -0.2) is 7.05 Å². The van der Waals surface area contributed by atoms with Crippen LogP contribution in [0, 0.1) is 0 Å². The Morgan fingerprint density at radius 2 is 1.81 bits per heavy atom. The van der Waals surface area contributed by atoms with Gasteiger partial charge < -0.3 is 5.32 Å². The van der Waals surface area contributed by atoms with Crippen molar-refractivity contribution < 1.29 is 0 Å². The second-order valence-electron chi connectivity index (χ2n) is 5.91. The summed E-state index contributed by atoms with van der Waals surface area (Å²) in [4.78, 5) is 0. The van der Waals surface area contributed by atoms with Crippen molar-refractivity contribution in [1.29, 1.82) is 0 Å². The van der Waals surface area contributed by atoms with Gasteiger partial charge in [-0.25, -0.2) is 0 Å². The average molecular weight is 364 g/mol. The number of nitrogens with one attached hydrogen (secondary N) is 1. The standard InChI is InChI=1S/C18H22BrNS/c1-20-18(16-11-17(19)21-12-16)15-9-7-14(8-10-15)13-5-3-2-4-6-13/h7-13,18,20H,2-6H2,1H3. The molecule has 3 heteroatoms. The number of benzene rings is 1. The third kappa shape index (κ3) is 3.58. The lowest BCUT2D eigenvalue weighted by molar-refractivity contribution is 0.443. The average Bonchev–Trinajstić information content (AvgIpc) is 2.96. The molecule has 1 aliphatic carbocycles. The van der Waals surface area contributed by atoms with Crippen molar-refractivity contribution in [1.82, 2.24) is 5.32 Å². The molecule has 1 heterocycles. The molecule has 1 fully saturated rings. The summed E-state index contributed by atoms with van der Waals surface area (Å²) in [6, 6.07) is 11.8. The molecule has 1 nitrogen and oxygen atoms in total. The zero-order valence-electron chi connectivity index (χ0n) is 12.4. The molecule has 0 aliphatic heterocycles. The van der Waals surface area contributed by atoms with Gasteiger partial charge in [-0.2, -0.15) is 0 Å². The van der Waals surface area contributed by atoms with Crippen molar-refractivity contribution >= 4 is 27.3 Å². The van der Waals surface area contributed by atoms with Gasteiger partial charge in [0.25, 0.3) is 0 Å². The van der Waals surface area contributed by atoms with Crippen molar-refractivity contribution in [2.45, 2.75) is 44.1 Å². The Morgan fingerprint density at radius 1 is 1.10 bits per heavy atom. The van der Waals surface area contributed by atoms with Gasteiger partial charge in [-0.15, -0.1) is 11.3 Å². The smallest absolute Gasteiger partial charge is 0.0701 e. The van der Waals surface area contributed by atoms with Crippen LogP contribution in [0.1, 0.15) is 60.8 Å². The van der Waals surface area contributed by atoms with E-state index in [-0.39, 0.29) is 6.04 Å². The zero-order chi connectivity index (χ0) is 14.7. The molecule has 1 unspecified atom stereocenters. The van der Waals surface area contributed by atoms with E-state index in [1.165, 1.54) is 52.6 Å². The summed E-state index contributed by atoms with van der Waals surface area (Å²) in [6.45, 7) is 0. The molecule has 0 amide bonds. The van der Waals surface area contributed by atoms with E-state index >= 15 is 0 Å². The highest BCUT2D eigenvalue weighted by Crippen LogP contribution is 2.34. The molecule has 1 aliphatic rings. The third-order valence-corrected chi connectivity index (χ3v) is 6.08. The first-order valence-electron chi connectivity index (χ1n) is 7.79. The molecule has 0 bridgehead atoms. The van der Waals surface area contributed by atoms with Crippen LogP contribution in [-0.2, 0) is 0 Å². The van der Waals surface area contributed by atoms with E-state index in [9.17, 15) is 0 Å². The summed E-state index contributed by atoms with van der Waals surface area (Å²) >= 11 is 5.30. The highest BCUT2D eigenvalue weighted by molar-refractivity contribution is 9.11. The van der Waals surface area contributed by atoms with E-state index in [4.69, 9.17) is 0 Å². The molecular formula is C18H22BrNS. The molecule has 1 atom stereocenters. The Labute approximate surface area is 139 Å². The van der Waals surface area contributed by atoms with Crippen molar-refractivity contribution in [2.24, 2.45) is 0 Å². The minimum atomic E-state index is 0.285. The fourth-order valence-corrected chi connectivity index (χ4v) is 4.60. The Hall–Kier alpha value is -0.640. The normalized spacial score (nSPS) is 17.8. The second-order valence-corrected chi connectivity index (χ2v) is 8.20. The van der Waals surface area contributed by atoms with Crippen molar-refractivity contribution in [3.05, 3.63) is 56.2 Å². The molecule has 1 saturated carbocycles. The molecule has 1 aromatic heterocycles. The van der Waals surface area contributed by atoms with Crippen molar-refractivity contribution in [3.8, 4) is 0 Å². The second kappa shape index (κ2) is 7.08. The quantitative estimate of drug-likeness (QED) is 0.716. The molecule has 3 rings (SSSR count). The minimum Gasteiger partial charge on any atom is -0.309 e. The molecule has 21 heavy (non-hydrogen) atoms. The molecule has 1 aromatic carbocycles. The van der Waals surface area contributed by atoms with Crippen LogP contribution in [0.5, 0.6) is 0 Å². The Balaban J connectivity index is 1.78. The molecule has 0 spiro atoms. The van der Waals surface area contributed by atoms with Crippen LogP contribution in [0.3, 0.4) is 0 Å². The lowest BCUT2D eigenvalue weighted by atomic mass is 9.83. The lowest BCUT2D eigenvalue weighted by Gasteiger charge is -2.23. The van der Waals surface area contributed by atoms with Crippen molar-refractivity contribution in [2.75, 3.05) is 7.05 Å². The van der Waals surface area contributed by atoms with Gasteiger partial charge in [0.1, 0.15) is 0 Å². The molecule has 112 valence electrons. The lowest BCUT2D eigenvalue weighted by Crippen LogP contribution is -2.17. The highest BCUT2D eigenvalue weighted by Gasteiger charge is 2.17. The Kier molecular flexibility index (Phi) is 5.15. The van der Waals surface area contributed by atoms with Crippen LogP contribution in [0.25, 0.3) is 0 Å². The Morgan fingerprint density at radius 3 is 2.38 bits per heavy atom. The summed E-state index contributed by atoms with van der Waals surface area (Å²) in [5.74, 6) is 0.788. The van der Waals surface area contributed by atoms with E-state index in [0.29, 0.717) is 0 Å². The van der Waals surface area contributed by atoms with E-state index in [0.717, 1.165) is 5.92 Å². The molecule has 0 radical (unpaired) electrons. The first-order valence-corrected chi connectivity index (χ1v) is 9.46. The fourth-order valence-electron chi connectivity index (χ4n) is 3.40. The van der Waals surface area contributed by atoms with Gasteiger partial charge in [-0.1, -0.05) is 43.5 Å². The van der Waals surface area contributed by atoms with Gasteiger partial charge in [-0.05, 0) is 69.9 Å². The van der Waals surface area contributed by atoms with Crippen LogP contribution >= 0.6 is 27.3 Å². The van der Waals surface area contributed by atoms with Gasteiger partial charge in [0, 0.05) is 0 Å². The summed E-state index contributed by atoms with van der Waals surface area (Å²) in [5, 5.41) is 5.66. The zero-order valence-corrected chi connectivity index (χ0v) is 14.8. The monoisotopic (exact) mass is 363 g/mol. The molecule has 1 N–H and O–H groups in total. The van der Waals surface area contributed by atoms with Gasteiger partial charge >= 0.3 is 0 Å². The number of rotatable bonds is 4.